The molecule has 0 radical (unpaired) electrons. The number of hydrogen-bond donors (Lipinski definition) is 1. The summed E-state index contributed by atoms with van der Waals surface area (Å²) in [6.07, 6.45) is 4.83. The van der Waals surface area contributed by atoms with E-state index in [0.29, 0.717) is 6.04 Å². The SMILES string of the molecule is CCC(CC1CC1)NC(=O)CCl. The van der Waals surface area contributed by atoms with Gasteiger partial charge in [-0.1, -0.05) is 19.8 Å². The molecule has 1 amide bonds. The van der Waals surface area contributed by atoms with Gasteiger partial charge in [0.25, 0.3) is 0 Å². The third-order valence-corrected chi connectivity index (χ3v) is 2.54. The molecule has 0 saturated heterocycles. The molecule has 12 heavy (non-hydrogen) atoms. The van der Waals surface area contributed by atoms with E-state index in [0.717, 1.165) is 18.8 Å². The van der Waals surface area contributed by atoms with Crippen molar-refractivity contribution in [1.82, 2.24) is 5.32 Å². The Morgan fingerprint density at radius 2 is 2.33 bits per heavy atom. The molecule has 0 aliphatic heterocycles. The quantitative estimate of drug-likeness (QED) is 0.658. The predicted octanol–water partition coefficient (Wildman–Crippen LogP) is 1.92. The maximum absolute atomic E-state index is 10.9. The molecule has 0 aromatic heterocycles. The van der Waals surface area contributed by atoms with Crippen LogP contribution in [0.1, 0.15) is 32.6 Å². The highest BCUT2D eigenvalue weighted by Gasteiger charge is 2.25. The standard InChI is InChI=1S/C9H16ClNO/c1-2-8(5-7-3-4-7)11-9(12)6-10/h7-8H,2-6H2,1H3,(H,11,12). The summed E-state index contributed by atoms with van der Waals surface area (Å²) < 4.78 is 0. The van der Waals surface area contributed by atoms with E-state index in [2.05, 4.69) is 12.2 Å². The Balaban J connectivity index is 2.18. The Hall–Kier alpha value is -0.240. The van der Waals surface area contributed by atoms with E-state index in [1.54, 1.807) is 0 Å². The van der Waals surface area contributed by atoms with E-state index in [1.807, 2.05) is 0 Å². The maximum atomic E-state index is 10.9. The molecule has 1 saturated carbocycles. The fourth-order valence-corrected chi connectivity index (χ4v) is 1.43. The van der Waals surface area contributed by atoms with Crippen LogP contribution in [0.4, 0.5) is 0 Å². The topological polar surface area (TPSA) is 29.1 Å². The summed E-state index contributed by atoms with van der Waals surface area (Å²) in [6, 6.07) is 0.351. The number of halogens is 1. The highest BCUT2D eigenvalue weighted by atomic mass is 35.5. The van der Waals surface area contributed by atoms with E-state index in [9.17, 15) is 4.79 Å². The molecular formula is C9H16ClNO. The molecule has 2 nitrogen and oxygen atoms in total. The molecule has 0 heterocycles. The summed E-state index contributed by atoms with van der Waals surface area (Å²) in [5.74, 6) is 0.913. The van der Waals surface area contributed by atoms with Gasteiger partial charge in [-0.05, 0) is 18.8 Å². The van der Waals surface area contributed by atoms with Gasteiger partial charge in [0.1, 0.15) is 5.88 Å². The molecule has 1 unspecified atom stereocenters. The van der Waals surface area contributed by atoms with E-state index in [-0.39, 0.29) is 11.8 Å². The summed E-state index contributed by atoms with van der Waals surface area (Å²) in [6.45, 7) is 2.10. The van der Waals surface area contributed by atoms with Gasteiger partial charge in [-0.3, -0.25) is 4.79 Å². The highest BCUT2D eigenvalue weighted by molar-refractivity contribution is 6.27. The first-order valence-electron chi connectivity index (χ1n) is 4.61. The van der Waals surface area contributed by atoms with Gasteiger partial charge in [-0.15, -0.1) is 11.6 Å². The van der Waals surface area contributed by atoms with Crippen LogP contribution in [0.3, 0.4) is 0 Å². The zero-order chi connectivity index (χ0) is 8.97. The Bertz CT molecular complexity index is 157. The van der Waals surface area contributed by atoms with Crippen molar-refractivity contribution in [2.75, 3.05) is 5.88 Å². The zero-order valence-electron chi connectivity index (χ0n) is 7.48. The lowest BCUT2D eigenvalue weighted by Gasteiger charge is -2.15. The lowest BCUT2D eigenvalue weighted by molar-refractivity contribution is -0.119. The summed E-state index contributed by atoms with van der Waals surface area (Å²) >= 11 is 5.39. The number of carbonyl (C=O) groups is 1. The molecule has 1 fully saturated rings. The van der Waals surface area contributed by atoms with E-state index >= 15 is 0 Å². The second-order valence-electron chi connectivity index (χ2n) is 3.49. The van der Waals surface area contributed by atoms with Crippen molar-refractivity contribution in [1.29, 1.82) is 0 Å². The van der Waals surface area contributed by atoms with Crippen LogP contribution in [-0.2, 0) is 4.79 Å². The van der Waals surface area contributed by atoms with Gasteiger partial charge in [-0.2, -0.15) is 0 Å². The molecule has 3 heteroatoms. The van der Waals surface area contributed by atoms with Crippen molar-refractivity contribution >= 4 is 17.5 Å². The van der Waals surface area contributed by atoms with Crippen LogP contribution >= 0.6 is 11.6 Å². The average molecular weight is 190 g/mol. The minimum Gasteiger partial charge on any atom is -0.352 e. The van der Waals surface area contributed by atoms with Crippen LogP contribution in [0.25, 0.3) is 0 Å². The number of alkyl halides is 1. The number of rotatable bonds is 5. The lowest BCUT2D eigenvalue weighted by Crippen LogP contribution is -2.35. The second kappa shape index (κ2) is 4.70. The van der Waals surface area contributed by atoms with Crippen molar-refractivity contribution in [3.63, 3.8) is 0 Å². The molecule has 1 N–H and O–H groups in total. The van der Waals surface area contributed by atoms with Crippen LogP contribution in [0, 0.1) is 5.92 Å². The van der Waals surface area contributed by atoms with Crippen LogP contribution in [0.5, 0.6) is 0 Å². The molecule has 0 bridgehead atoms. The number of nitrogens with one attached hydrogen (secondary N) is 1. The Morgan fingerprint density at radius 1 is 1.67 bits per heavy atom. The fourth-order valence-electron chi connectivity index (χ4n) is 1.35. The van der Waals surface area contributed by atoms with Gasteiger partial charge in [0.2, 0.25) is 5.91 Å². The normalized spacial score (nSPS) is 18.8. The van der Waals surface area contributed by atoms with Gasteiger partial charge in [-0.25, -0.2) is 0 Å². The van der Waals surface area contributed by atoms with Gasteiger partial charge >= 0.3 is 0 Å². The van der Waals surface area contributed by atoms with Gasteiger partial charge in [0.05, 0.1) is 0 Å². The third kappa shape index (κ3) is 3.44. The first-order chi connectivity index (χ1) is 5.76. The van der Waals surface area contributed by atoms with Gasteiger partial charge < -0.3 is 5.32 Å². The molecule has 0 aromatic rings. The monoisotopic (exact) mass is 189 g/mol. The first kappa shape index (κ1) is 9.85. The van der Waals surface area contributed by atoms with Crippen molar-refractivity contribution in [2.24, 2.45) is 5.92 Å². The molecule has 1 rings (SSSR count). The first-order valence-corrected chi connectivity index (χ1v) is 5.15. The van der Waals surface area contributed by atoms with Crippen LogP contribution < -0.4 is 5.32 Å². The number of carbonyl (C=O) groups excluding carboxylic acids is 1. The third-order valence-electron chi connectivity index (χ3n) is 2.29. The molecular weight excluding hydrogens is 174 g/mol. The van der Waals surface area contributed by atoms with Crippen LogP contribution in [0.2, 0.25) is 0 Å². The number of hydrogen-bond acceptors (Lipinski definition) is 1. The van der Waals surface area contributed by atoms with Crippen LogP contribution in [-0.4, -0.2) is 17.8 Å². The van der Waals surface area contributed by atoms with Gasteiger partial charge in [0, 0.05) is 6.04 Å². The molecule has 0 spiro atoms. The van der Waals surface area contributed by atoms with E-state index in [1.165, 1.54) is 12.8 Å². The molecule has 70 valence electrons. The van der Waals surface area contributed by atoms with Crippen molar-refractivity contribution < 1.29 is 4.79 Å². The van der Waals surface area contributed by atoms with Crippen LogP contribution in [0.15, 0.2) is 0 Å². The maximum Gasteiger partial charge on any atom is 0.235 e. The molecule has 1 aliphatic rings. The van der Waals surface area contributed by atoms with Crippen molar-refractivity contribution in [3.8, 4) is 0 Å². The minimum atomic E-state index is -0.0378. The summed E-state index contributed by atoms with van der Waals surface area (Å²) in [5, 5.41) is 2.92. The Morgan fingerprint density at radius 3 is 2.75 bits per heavy atom. The summed E-state index contributed by atoms with van der Waals surface area (Å²) in [7, 11) is 0. The summed E-state index contributed by atoms with van der Waals surface area (Å²) in [4.78, 5) is 10.9. The average Bonchev–Trinajstić information content (AvgIpc) is 2.86. The molecule has 1 atom stereocenters. The number of amides is 1. The summed E-state index contributed by atoms with van der Waals surface area (Å²) in [5.41, 5.74) is 0. The smallest absolute Gasteiger partial charge is 0.235 e. The zero-order valence-corrected chi connectivity index (χ0v) is 8.23. The predicted molar refractivity (Wildman–Crippen MR) is 50.3 cm³/mol. The van der Waals surface area contributed by atoms with E-state index in [4.69, 9.17) is 11.6 Å². The van der Waals surface area contributed by atoms with Crippen molar-refractivity contribution in [2.45, 2.75) is 38.6 Å². The minimum absolute atomic E-state index is 0.0378. The lowest BCUT2D eigenvalue weighted by atomic mass is 10.1. The second-order valence-corrected chi connectivity index (χ2v) is 3.75. The Kier molecular flexibility index (Phi) is 3.86. The van der Waals surface area contributed by atoms with E-state index < -0.39 is 0 Å². The molecule has 0 aromatic carbocycles. The largest absolute Gasteiger partial charge is 0.352 e. The molecule has 1 aliphatic carbocycles. The highest BCUT2D eigenvalue weighted by Crippen LogP contribution is 2.33. The Labute approximate surface area is 78.7 Å². The van der Waals surface area contributed by atoms with Crippen molar-refractivity contribution in [3.05, 3.63) is 0 Å². The van der Waals surface area contributed by atoms with Gasteiger partial charge in [0.15, 0.2) is 0 Å². The fraction of sp³-hybridized carbons (Fsp3) is 0.889.